The molecule has 7 heteroatoms. The number of β-amino-alcohol motifs (C(OH)–C–C–N with tert-alkyl or cyclic N) is 1. The van der Waals surface area contributed by atoms with Gasteiger partial charge in [-0.1, -0.05) is 18.7 Å². The maximum absolute atomic E-state index is 12.4. The number of thioether (sulfide) groups is 1. The molecule has 0 saturated carbocycles. The molecule has 1 amide bonds. The topological polar surface area (TPSA) is 75.4 Å². The number of aliphatic hydroxyl groups excluding tert-OH is 1. The van der Waals surface area contributed by atoms with Crippen LogP contribution in [0.1, 0.15) is 23.7 Å². The van der Waals surface area contributed by atoms with Gasteiger partial charge in [-0.2, -0.15) is 0 Å². The molecule has 108 valence electrons. The van der Waals surface area contributed by atoms with Crippen molar-refractivity contribution in [3.8, 4) is 0 Å². The third-order valence-corrected chi connectivity index (χ3v) is 4.96. The van der Waals surface area contributed by atoms with E-state index in [1.807, 2.05) is 6.92 Å². The van der Waals surface area contributed by atoms with Gasteiger partial charge in [-0.3, -0.25) is 14.2 Å². The molecule has 0 aromatic carbocycles. The fourth-order valence-corrected chi connectivity index (χ4v) is 3.48. The van der Waals surface area contributed by atoms with Gasteiger partial charge in [-0.25, -0.2) is 4.98 Å². The average molecular weight is 295 g/mol. The Hall–Kier alpha value is -1.34. The summed E-state index contributed by atoms with van der Waals surface area (Å²) in [6, 6.07) is 0. The first-order chi connectivity index (χ1) is 9.58. The molecule has 2 aliphatic rings. The van der Waals surface area contributed by atoms with Crippen molar-refractivity contribution < 1.29 is 9.90 Å². The Morgan fingerprint density at radius 3 is 3.05 bits per heavy atom. The van der Waals surface area contributed by atoms with E-state index in [1.165, 1.54) is 18.0 Å². The zero-order valence-corrected chi connectivity index (χ0v) is 12.1. The zero-order chi connectivity index (χ0) is 14.3. The number of hydrogen-bond donors (Lipinski definition) is 1. The Kier molecular flexibility index (Phi) is 3.55. The second-order valence-electron chi connectivity index (χ2n) is 5.34. The number of hydrogen-bond acceptors (Lipinski definition) is 5. The summed E-state index contributed by atoms with van der Waals surface area (Å²) >= 11 is 1.53. The summed E-state index contributed by atoms with van der Waals surface area (Å²) in [7, 11) is 0. The van der Waals surface area contributed by atoms with Crippen LogP contribution >= 0.6 is 11.8 Å². The van der Waals surface area contributed by atoms with Crippen molar-refractivity contribution in [3.05, 3.63) is 22.1 Å². The van der Waals surface area contributed by atoms with Crippen LogP contribution in [0.5, 0.6) is 0 Å². The van der Waals surface area contributed by atoms with Crippen molar-refractivity contribution in [2.75, 3.05) is 18.8 Å². The van der Waals surface area contributed by atoms with Crippen LogP contribution in [0.15, 0.2) is 16.1 Å². The minimum Gasteiger partial charge on any atom is -0.391 e. The van der Waals surface area contributed by atoms with E-state index >= 15 is 0 Å². The largest absolute Gasteiger partial charge is 0.391 e. The van der Waals surface area contributed by atoms with E-state index in [2.05, 4.69) is 4.98 Å². The van der Waals surface area contributed by atoms with E-state index < -0.39 is 6.10 Å². The molecule has 2 unspecified atom stereocenters. The third-order valence-electron chi connectivity index (χ3n) is 3.99. The Labute approximate surface area is 120 Å². The van der Waals surface area contributed by atoms with E-state index in [0.717, 1.165) is 12.2 Å². The van der Waals surface area contributed by atoms with Gasteiger partial charge in [0.2, 0.25) is 0 Å². The summed E-state index contributed by atoms with van der Waals surface area (Å²) < 4.78 is 1.56. The molecular formula is C13H17N3O3S. The molecular weight excluding hydrogens is 278 g/mol. The van der Waals surface area contributed by atoms with Crippen LogP contribution in [0, 0.1) is 5.92 Å². The SMILES string of the molecule is CC1CCN(C(=O)c2cnc3n(c2=O)CCS3)CC1O. The van der Waals surface area contributed by atoms with Gasteiger partial charge in [0, 0.05) is 31.6 Å². The van der Waals surface area contributed by atoms with Crippen LogP contribution in [-0.4, -0.2) is 50.4 Å². The number of aromatic nitrogens is 2. The Balaban J connectivity index is 1.87. The molecule has 1 aromatic heterocycles. The molecule has 0 aliphatic carbocycles. The van der Waals surface area contributed by atoms with Crippen molar-refractivity contribution in [2.24, 2.45) is 5.92 Å². The quantitative estimate of drug-likeness (QED) is 0.749. The van der Waals surface area contributed by atoms with Gasteiger partial charge < -0.3 is 10.0 Å². The molecule has 3 heterocycles. The van der Waals surface area contributed by atoms with Gasteiger partial charge in [-0.05, 0) is 12.3 Å². The standard InChI is InChI=1S/C13H17N3O3S/c1-8-2-3-15(7-10(8)17)11(18)9-6-14-13-16(12(9)19)4-5-20-13/h6,8,10,17H,2-5,7H2,1H3. The number of amides is 1. The van der Waals surface area contributed by atoms with Gasteiger partial charge in [0.05, 0.1) is 6.10 Å². The first kappa shape index (κ1) is 13.6. The fraction of sp³-hybridized carbons (Fsp3) is 0.615. The van der Waals surface area contributed by atoms with Crippen molar-refractivity contribution >= 4 is 17.7 Å². The minimum absolute atomic E-state index is 0.109. The molecule has 1 fully saturated rings. The molecule has 0 radical (unpaired) electrons. The highest BCUT2D eigenvalue weighted by Crippen LogP contribution is 2.22. The summed E-state index contributed by atoms with van der Waals surface area (Å²) in [5, 5.41) is 10.6. The highest BCUT2D eigenvalue weighted by Gasteiger charge is 2.30. The van der Waals surface area contributed by atoms with Gasteiger partial charge >= 0.3 is 0 Å². The molecule has 1 N–H and O–H groups in total. The molecule has 0 bridgehead atoms. The summed E-state index contributed by atoms with van der Waals surface area (Å²) in [5.74, 6) is 0.690. The third kappa shape index (κ3) is 2.25. The van der Waals surface area contributed by atoms with Gasteiger partial charge in [0.25, 0.3) is 11.5 Å². The maximum atomic E-state index is 12.4. The lowest BCUT2D eigenvalue weighted by Gasteiger charge is -2.34. The monoisotopic (exact) mass is 295 g/mol. The van der Waals surface area contributed by atoms with E-state index in [1.54, 1.807) is 9.47 Å². The highest BCUT2D eigenvalue weighted by molar-refractivity contribution is 7.99. The molecule has 1 aromatic rings. The van der Waals surface area contributed by atoms with Crippen molar-refractivity contribution in [2.45, 2.75) is 31.1 Å². The Bertz CT molecular complexity index is 601. The lowest BCUT2D eigenvalue weighted by molar-refractivity contribution is 0.0247. The maximum Gasteiger partial charge on any atom is 0.267 e. The van der Waals surface area contributed by atoms with Crippen LogP contribution in [0.3, 0.4) is 0 Å². The molecule has 1 saturated heterocycles. The predicted molar refractivity (Wildman–Crippen MR) is 74.9 cm³/mol. The van der Waals surface area contributed by atoms with Gasteiger partial charge in [-0.15, -0.1) is 0 Å². The number of piperidine rings is 1. The number of carbonyl (C=O) groups excluding carboxylic acids is 1. The average Bonchev–Trinajstić information content (AvgIpc) is 2.91. The van der Waals surface area contributed by atoms with Crippen LogP contribution in [0.2, 0.25) is 0 Å². The molecule has 3 rings (SSSR count). The van der Waals surface area contributed by atoms with E-state index in [9.17, 15) is 14.7 Å². The molecule has 6 nitrogen and oxygen atoms in total. The van der Waals surface area contributed by atoms with Gasteiger partial charge in [0.1, 0.15) is 5.56 Å². The molecule has 20 heavy (non-hydrogen) atoms. The summed E-state index contributed by atoms with van der Waals surface area (Å²) in [6.07, 6.45) is 1.61. The Morgan fingerprint density at radius 1 is 1.50 bits per heavy atom. The number of carbonyl (C=O) groups is 1. The molecule has 2 atom stereocenters. The van der Waals surface area contributed by atoms with Crippen molar-refractivity contribution in [1.29, 1.82) is 0 Å². The van der Waals surface area contributed by atoms with Crippen LogP contribution in [-0.2, 0) is 6.54 Å². The number of nitrogens with zero attached hydrogens (tertiary/aromatic N) is 3. The normalized spacial score (nSPS) is 25.6. The highest BCUT2D eigenvalue weighted by atomic mass is 32.2. The van der Waals surface area contributed by atoms with E-state index in [-0.39, 0.29) is 29.5 Å². The second-order valence-corrected chi connectivity index (χ2v) is 6.41. The van der Waals surface area contributed by atoms with Crippen LogP contribution in [0.4, 0.5) is 0 Å². The van der Waals surface area contributed by atoms with Crippen molar-refractivity contribution in [3.63, 3.8) is 0 Å². The van der Waals surface area contributed by atoms with Crippen LogP contribution in [0.25, 0.3) is 0 Å². The lowest BCUT2D eigenvalue weighted by atomic mass is 9.96. The smallest absolute Gasteiger partial charge is 0.267 e. The van der Waals surface area contributed by atoms with Crippen LogP contribution < -0.4 is 5.56 Å². The minimum atomic E-state index is -0.520. The second kappa shape index (κ2) is 5.21. The molecule has 2 aliphatic heterocycles. The zero-order valence-electron chi connectivity index (χ0n) is 11.3. The summed E-state index contributed by atoms with van der Waals surface area (Å²) in [6.45, 7) is 3.44. The predicted octanol–water partition coefficient (Wildman–Crippen LogP) is 0.192. The number of rotatable bonds is 1. The fourth-order valence-electron chi connectivity index (χ4n) is 2.57. The number of likely N-dealkylation sites (tertiary alicyclic amines) is 1. The first-order valence-electron chi connectivity index (χ1n) is 6.78. The summed E-state index contributed by atoms with van der Waals surface area (Å²) in [5.41, 5.74) is -0.156. The van der Waals surface area contributed by atoms with Crippen molar-refractivity contribution in [1.82, 2.24) is 14.5 Å². The van der Waals surface area contributed by atoms with E-state index in [4.69, 9.17) is 0 Å². The Morgan fingerprint density at radius 2 is 2.30 bits per heavy atom. The van der Waals surface area contributed by atoms with E-state index in [0.29, 0.717) is 18.2 Å². The number of fused-ring (bicyclic) bond motifs is 1. The van der Waals surface area contributed by atoms with Gasteiger partial charge in [0.15, 0.2) is 5.16 Å². The number of aliphatic hydroxyl groups is 1. The lowest BCUT2D eigenvalue weighted by Crippen LogP contribution is -2.47. The first-order valence-corrected chi connectivity index (χ1v) is 7.76. The summed E-state index contributed by atoms with van der Waals surface area (Å²) in [4.78, 5) is 30.5. The molecule has 0 spiro atoms.